The lowest BCUT2D eigenvalue weighted by molar-refractivity contribution is 0.0600. The molecule has 0 fully saturated rings. The van der Waals surface area contributed by atoms with Gasteiger partial charge in [-0.25, -0.2) is 4.79 Å². The summed E-state index contributed by atoms with van der Waals surface area (Å²) in [5.41, 5.74) is 0.588. The van der Waals surface area contributed by atoms with E-state index in [-0.39, 0.29) is 5.97 Å². The zero-order valence-corrected chi connectivity index (χ0v) is 14.3. The van der Waals surface area contributed by atoms with Gasteiger partial charge in [0.2, 0.25) is 0 Å². The van der Waals surface area contributed by atoms with Gasteiger partial charge < -0.3 is 9.30 Å². The lowest BCUT2D eigenvalue weighted by Crippen LogP contribution is -2.00. The predicted octanol–water partition coefficient (Wildman–Crippen LogP) is 3.75. The number of rotatable bonds is 3. The maximum absolute atomic E-state index is 11.2. The van der Waals surface area contributed by atoms with E-state index in [0.717, 1.165) is 6.54 Å². The highest BCUT2D eigenvalue weighted by Crippen LogP contribution is 2.26. The minimum absolute atomic E-state index is 0.295. The predicted molar refractivity (Wildman–Crippen MR) is 84.9 cm³/mol. The fourth-order valence-electron chi connectivity index (χ4n) is 0.998. The monoisotopic (exact) mass is 543 g/mol. The summed E-state index contributed by atoms with van der Waals surface area (Å²) in [4.78, 5) is 11.2. The van der Waals surface area contributed by atoms with Gasteiger partial charge in [0.1, 0.15) is 0 Å². The summed E-state index contributed by atoms with van der Waals surface area (Å²) in [6.45, 7) is 0.790. The first-order chi connectivity index (χ1) is 7.04. The van der Waals surface area contributed by atoms with Crippen LogP contribution in [0.15, 0.2) is 23.6 Å². The molecule has 0 aliphatic rings. The molecule has 0 amide bonds. The fraction of sp³-hybridized carbons (Fsp3) is 0.222. The van der Waals surface area contributed by atoms with Crippen molar-refractivity contribution >= 4 is 73.7 Å². The van der Waals surface area contributed by atoms with Gasteiger partial charge in [0.05, 0.1) is 20.8 Å². The highest BCUT2D eigenvalue weighted by Gasteiger charge is 2.07. The molecule has 0 spiro atoms. The lowest BCUT2D eigenvalue weighted by atomic mass is 10.3. The van der Waals surface area contributed by atoms with Gasteiger partial charge in [0.25, 0.3) is 0 Å². The Morgan fingerprint density at radius 2 is 2.13 bits per heavy atom. The number of hydrogen-bond donors (Lipinski definition) is 0. The molecule has 1 heterocycles. The summed E-state index contributed by atoms with van der Waals surface area (Å²) in [7, 11) is 1.39. The van der Waals surface area contributed by atoms with Gasteiger partial charge in [0.15, 0.2) is 0 Å². The number of aromatic nitrogens is 1. The van der Waals surface area contributed by atoms with E-state index in [4.69, 9.17) is 0 Å². The molecule has 1 aromatic heterocycles. The van der Waals surface area contributed by atoms with Gasteiger partial charge in [0, 0.05) is 16.0 Å². The van der Waals surface area contributed by atoms with Crippen molar-refractivity contribution in [3.8, 4) is 0 Å². The quantitative estimate of drug-likeness (QED) is 0.430. The van der Waals surface area contributed by atoms with Crippen LogP contribution in [0.4, 0.5) is 0 Å². The average Bonchev–Trinajstić information content (AvgIpc) is 2.65. The number of allylic oxidation sites excluding steroid dienone is 1. The first-order valence-corrected chi connectivity index (χ1v) is 7.22. The summed E-state index contributed by atoms with van der Waals surface area (Å²) in [6, 6.07) is 1.76. The van der Waals surface area contributed by atoms with Crippen LogP contribution in [-0.2, 0) is 11.3 Å². The van der Waals surface area contributed by atoms with E-state index in [1.807, 2.05) is 10.8 Å². The van der Waals surface area contributed by atoms with Crippen molar-refractivity contribution in [1.82, 2.24) is 4.57 Å². The van der Waals surface area contributed by atoms with E-state index in [1.165, 1.54) is 12.3 Å². The Hall–Kier alpha value is 0.680. The van der Waals surface area contributed by atoms with Crippen LogP contribution in [0.3, 0.4) is 0 Å². The minimum Gasteiger partial charge on any atom is -0.465 e. The number of esters is 1. The number of halogens is 3. The van der Waals surface area contributed by atoms with Gasteiger partial charge >= 0.3 is 5.97 Å². The van der Waals surface area contributed by atoms with Crippen molar-refractivity contribution in [2.75, 3.05) is 7.11 Å². The third-order valence-corrected chi connectivity index (χ3v) is 5.94. The van der Waals surface area contributed by atoms with E-state index < -0.39 is 0 Å². The van der Waals surface area contributed by atoms with Crippen LogP contribution >= 0.6 is 67.8 Å². The number of carbonyl (C=O) groups is 1. The van der Waals surface area contributed by atoms with Crippen LogP contribution in [0.1, 0.15) is 10.4 Å². The van der Waals surface area contributed by atoms with Gasteiger partial charge in [-0.05, 0) is 73.8 Å². The first-order valence-electron chi connectivity index (χ1n) is 3.98. The normalized spacial score (nSPS) is 9.87. The molecule has 3 nitrogen and oxygen atoms in total. The Labute approximate surface area is 129 Å². The van der Waals surface area contributed by atoms with Crippen molar-refractivity contribution in [2.45, 2.75) is 6.54 Å². The average molecular weight is 543 g/mol. The molecule has 0 radical (unpaired) electrons. The maximum Gasteiger partial charge on any atom is 0.339 e. The van der Waals surface area contributed by atoms with Crippen LogP contribution < -0.4 is 0 Å². The molecule has 0 bridgehead atoms. The molecule has 0 saturated heterocycles. The van der Waals surface area contributed by atoms with Crippen LogP contribution in [0, 0.1) is 0 Å². The van der Waals surface area contributed by atoms with Gasteiger partial charge in [-0.15, -0.1) is 0 Å². The molecule has 0 saturated carbocycles. The molecule has 15 heavy (non-hydrogen) atoms. The lowest BCUT2D eigenvalue weighted by Gasteiger charge is -2.01. The number of nitrogens with zero attached hydrogens (tertiary/aromatic N) is 1. The molecule has 0 unspecified atom stereocenters. The Kier molecular flexibility index (Phi) is 5.89. The standard InChI is InChI=1S/C9H8I3NO2/c1-15-9(14)6-2-3-13(4-6)5-7(10)8(11)12/h2-4H,5H2,1H3. The number of hydrogen-bond acceptors (Lipinski definition) is 2. The molecule has 0 aliphatic heterocycles. The second-order valence-electron chi connectivity index (χ2n) is 2.73. The third-order valence-electron chi connectivity index (χ3n) is 1.70. The second-order valence-corrected chi connectivity index (χ2v) is 8.25. The zero-order chi connectivity index (χ0) is 11.4. The summed E-state index contributed by atoms with van der Waals surface area (Å²) >= 11 is 6.85. The molecule has 1 rings (SSSR count). The highest BCUT2D eigenvalue weighted by molar-refractivity contribution is 14.2. The largest absolute Gasteiger partial charge is 0.465 e. The van der Waals surface area contributed by atoms with E-state index >= 15 is 0 Å². The van der Waals surface area contributed by atoms with Crippen molar-refractivity contribution in [2.24, 2.45) is 0 Å². The van der Waals surface area contributed by atoms with Crippen LogP contribution in [0.2, 0.25) is 0 Å². The van der Waals surface area contributed by atoms with E-state index in [0.29, 0.717) is 5.56 Å². The second kappa shape index (κ2) is 6.42. The van der Waals surface area contributed by atoms with Crippen molar-refractivity contribution in [1.29, 1.82) is 0 Å². The van der Waals surface area contributed by atoms with Crippen LogP contribution in [0.5, 0.6) is 0 Å². The maximum atomic E-state index is 11.2. The summed E-state index contributed by atoms with van der Waals surface area (Å²) < 4.78 is 9.08. The molecule has 6 heteroatoms. The summed E-state index contributed by atoms with van der Waals surface area (Å²) in [5.74, 6) is -0.295. The molecule has 0 N–H and O–H groups in total. The third kappa shape index (κ3) is 4.21. The smallest absolute Gasteiger partial charge is 0.339 e. The van der Waals surface area contributed by atoms with Crippen LogP contribution in [-0.4, -0.2) is 17.6 Å². The van der Waals surface area contributed by atoms with Gasteiger partial charge in [-0.3, -0.25) is 0 Å². The Morgan fingerprint density at radius 1 is 1.47 bits per heavy atom. The summed E-state index contributed by atoms with van der Waals surface area (Å²) in [6.07, 6.45) is 3.67. The van der Waals surface area contributed by atoms with Crippen molar-refractivity contribution in [3.05, 3.63) is 29.2 Å². The van der Waals surface area contributed by atoms with Crippen molar-refractivity contribution in [3.63, 3.8) is 0 Å². The minimum atomic E-state index is -0.295. The van der Waals surface area contributed by atoms with Crippen LogP contribution in [0.25, 0.3) is 0 Å². The summed E-state index contributed by atoms with van der Waals surface area (Å²) in [5, 5.41) is 0. The Balaban J connectivity index is 2.77. The molecule has 82 valence electrons. The van der Waals surface area contributed by atoms with Gasteiger partial charge in [-0.2, -0.15) is 0 Å². The molecule has 0 aromatic carbocycles. The van der Waals surface area contributed by atoms with E-state index in [2.05, 4.69) is 72.5 Å². The molecule has 0 atom stereocenters. The SMILES string of the molecule is COC(=O)c1ccn(CC(I)=C(I)I)c1. The number of carbonyl (C=O) groups excluding carboxylic acids is 1. The topological polar surface area (TPSA) is 31.2 Å². The number of methoxy groups -OCH3 is 1. The zero-order valence-electron chi connectivity index (χ0n) is 7.84. The molecule has 1 aromatic rings. The fourth-order valence-corrected chi connectivity index (χ4v) is 1.73. The Bertz CT molecular complexity index is 394. The highest BCUT2D eigenvalue weighted by atomic mass is 127. The van der Waals surface area contributed by atoms with E-state index in [9.17, 15) is 4.79 Å². The van der Waals surface area contributed by atoms with Crippen molar-refractivity contribution < 1.29 is 9.53 Å². The van der Waals surface area contributed by atoms with Gasteiger partial charge in [-0.1, -0.05) is 0 Å². The first kappa shape index (κ1) is 13.7. The molecule has 0 aliphatic carbocycles. The molecular weight excluding hydrogens is 535 g/mol. The van der Waals surface area contributed by atoms with E-state index in [1.54, 1.807) is 12.3 Å². The number of ether oxygens (including phenoxy) is 1. The Morgan fingerprint density at radius 3 is 2.67 bits per heavy atom. The molecular formula is C9H8I3NO2.